The highest BCUT2D eigenvalue weighted by molar-refractivity contribution is 5.97. The second-order valence-corrected chi connectivity index (χ2v) is 7.29. The minimum Gasteiger partial charge on any atom is -0.464 e. The molecule has 1 saturated heterocycles. The second-order valence-electron chi connectivity index (χ2n) is 7.29. The van der Waals surface area contributed by atoms with Crippen LogP contribution in [0.3, 0.4) is 0 Å². The van der Waals surface area contributed by atoms with Gasteiger partial charge in [-0.3, -0.25) is 4.79 Å². The van der Waals surface area contributed by atoms with Gasteiger partial charge in [0.1, 0.15) is 6.04 Å². The predicted octanol–water partition coefficient (Wildman–Crippen LogP) is 4.98. The number of nitrogens with one attached hydrogen (secondary N) is 1. The van der Waals surface area contributed by atoms with Crippen LogP contribution in [0.1, 0.15) is 93.5 Å². The number of hydrogen-bond donors (Lipinski definition) is 1. The molecule has 144 valence electrons. The van der Waals surface area contributed by atoms with Gasteiger partial charge in [-0.25, -0.2) is 4.79 Å². The van der Waals surface area contributed by atoms with Crippen LogP contribution in [0.4, 0.5) is 0 Å². The molecule has 2 unspecified atom stereocenters. The molecule has 1 aliphatic heterocycles. The van der Waals surface area contributed by atoms with Crippen LogP contribution in [0, 0.1) is 0 Å². The molecular formula is C22H33NO3. The van der Waals surface area contributed by atoms with Crippen molar-refractivity contribution in [2.45, 2.75) is 83.6 Å². The Labute approximate surface area is 157 Å². The Morgan fingerprint density at radius 3 is 2.38 bits per heavy atom. The van der Waals surface area contributed by atoms with Crippen molar-refractivity contribution in [1.29, 1.82) is 0 Å². The summed E-state index contributed by atoms with van der Waals surface area (Å²) in [6, 6.07) is 7.44. The van der Waals surface area contributed by atoms with E-state index in [1.54, 1.807) is 0 Å². The van der Waals surface area contributed by atoms with Crippen LogP contribution >= 0.6 is 0 Å². The van der Waals surface area contributed by atoms with E-state index < -0.39 is 6.04 Å². The van der Waals surface area contributed by atoms with Crippen molar-refractivity contribution in [1.82, 2.24) is 5.32 Å². The summed E-state index contributed by atoms with van der Waals surface area (Å²) >= 11 is 0. The van der Waals surface area contributed by atoms with Crippen molar-refractivity contribution < 1.29 is 14.3 Å². The van der Waals surface area contributed by atoms with Crippen molar-refractivity contribution in [2.75, 3.05) is 6.61 Å². The highest BCUT2D eigenvalue weighted by Crippen LogP contribution is 2.28. The molecule has 4 nitrogen and oxygen atoms in total. The molecular weight excluding hydrogens is 326 g/mol. The lowest BCUT2D eigenvalue weighted by Gasteiger charge is -2.18. The average molecular weight is 360 g/mol. The van der Waals surface area contributed by atoms with E-state index in [0.29, 0.717) is 24.5 Å². The summed E-state index contributed by atoms with van der Waals surface area (Å²) in [5, 5.41) is 2.76. The van der Waals surface area contributed by atoms with Gasteiger partial charge in [-0.15, -0.1) is 0 Å². The maximum absolute atomic E-state index is 12.3. The number of cyclic esters (lactones) is 1. The summed E-state index contributed by atoms with van der Waals surface area (Å²) in [5.74, 6) is 0.0452. The van der Waals surface area contributed by atoms with Gasteiger partial charge in [-0.1, -0.05) is 64.5 Å². The summed E-state index contributed by atoms with van der Waals surface area (Å²) in [6.45, 7) is 4.86. The van der Waals surface area contributed by atoms with Gasteiger partial charge in [0.2, 0.25) is 0 Å². The molecule has 1 aromatic rings. The van der Waals surface area contributed by atoms with Gasteiger partial charge in [-0.2, -0.15) is 0 Å². The smallest absolute Gasteiger partial charge is 0.328 e. The van der Waals surface area contributed by atoms with Crippen LogP contribution in [0.25, 0.3) is 0 Å². The topological polar surface area (TPSA) is 55.4 Å². The van der Waals surface area contributed by atoms with Crippen LogP contribution in [0.5, 0.6) is 0 Å². The Kier molecular flexibility index (Phi) is 8.66. The van der Waals surface area contributed by atoms with Crippen molar-refractivity contribution in [3.8, 4) is 0 Å². The van der Waals surface area contributed by atoms with E-state index in [4.69, 9.17) is 4.74 Å². The van der Waals surface area contributed by atoms with Crippen LogP contribution in [0.2, 0.25) is 0 Å². The zero-order valence-electron chi connectivity index (χ0n) is 16.3. The minimum atomic E-state index is -0.502. The second kappa shape index (κ2) is 11.0. The highest BCUT2D eigenvalue weighted by Gasteiger charge is 2.28. The highest BCUT2D eigenvalue weighted by atomic mass is 16.5. The van der Waals surface area contributed by atoms with Gasteiger partial charge in [0, 0.05) is 12.0 Å². The molecule has 0 radical (unpaired) electrons. The first-order valence-electron chi connectivity index (χ1n) is 10.2. The fourth-order valence-electron chi connectivity index (χ4n) is 3.52. The number of carbonyl (C=O) groups excluding carboxylic acids is 2. The number of carbonyl (C=O) groups is 2. The molecule has 1 amide bonds. The molecule has 2 atom stereocenters. The third-order valence-corrected chi connectivity index (χ3v) is 5.20. The van der Waals surface area contributed by atoms with Crippen molar-refractivity contribution in [3.63, 3.8) is 0 Å². The molecule has 1 fully saturated rings. The lowest BCUT2D eigenvalue weighted by atomic mass is 9.88. The van der Waals surface area contributed by atoms with Crippen LogP contribution in [0.15, 0.2) is 24.3 Å². The van der Waals surface area contributed by atoms with Crippen LogP contribution < -0.4 is 5.32 Å². The zero-order chi connectivity index (χ0) is 18.8. The molecule has 2 rings (SSSR count). The third kappa shape index (κ3) is 6.15. The Balaban J connectivity index is 1.94. The minimum absolute atomic E-state index is 0.201. The molecule has 0 spiro atoms. The normalized spacial score (nSPS) is 17.8. The Hall–Kier alpha value is -1.84. The maximum atomic E-state index is 12.3. The number of esters is 1. The van der Waals surface area contributed by atoms with Gasteiger partial charge in [-0.05, 0) is 36.5 Å². The van der Waals surface area contributed by atoms with Gasteiger partial charge in [0.25, 0.3) is 5.91 Å². The Bertz CT molecular complexity index is 567. The first-order chi connectivity index (χ1) is 12.7. The molecule has 4 heteroatoms. The number of unbranched alkanes of at least 4 members (excludes halogenated alkanes) is 4. The first-order valence-corrected chi connectivity index (χ1v) is 10.2. The molecule has 1 heterocycles. The number of ether oxygens (including phenoxy) is 1. The quantitative estimate of drug-likeness (QED) is 0.448. The van der Waals surface area contributed by atoms with E-state index in [-0.39, 0.29) is 11.9 Å². The largest absolute Gasteiger partial charge is 0.464 e. The van der Waals surface area contributed by atoms with Crippen LogP contribution in [-0.2, 0) is 9.53 Å². The van der Waals surface area contributed by atoms with Gasteiger partial charge < -0.3 is 10.1 Å². The van der Waals surface area contributed by atoms with Gasteiger partial charge in [0.15, 0.2) is 0 Å². The first kappa shape index (κ1) is 20.5. The van der Waals surface area contributed by atoms with Crippen molar-refractivity contribution >= 4 is 11.9 Å². The molecule has 26 heavy (non-hydrogen) atoms. The monoisotopic (exact) mass is 359 g/mol. The zero-order valence-corrected chi connectivity index (χ0v) is 16.3. The number of benzene rings is 1. The summed E-state index contributed by atoms with van der Waals surface area (Å²) in [6.07, 6.45) is 10.6. The standard InChI is InChI=1S/C22H33NO3/c1-3-5-7-8-10-17(9-6-4-2)18-11-13-19(14-12-18)21(24)23-20-15-16-26-22(20)25/h11-14,17,20H,3-10,15-16H2,1-2H3,(H,23,24). The van der Waals surface area contributed by atoms with E-state index in [0.717, 1.165) is 0 Å². The Morgan fingerprint density at radius 2 is 1.77 bits per heavy atom. The van der Waals surface area contributed by atoms with E-state index in [2.05, 4.69) is 31.3 Å². The third-order valence-electron chi connectivity index (χ3n) is 5.20. The van der Waals surface area contributed by atoms with E-state index in [1.807, 2.05) is 12.1 Å². The number of amides is 1. The van der Waals surface area contributed by atoms with Gasteiger partial charge in [0.05, 0.1) is 6.61 Å². The van der Waals surface area contributed by atoms with Crippen molar-refractivity contribution in [2.24, 2.45) is 0 Å². The number of rotatable bonds is 11. The molecule has 0 bridgehead atoms. The summed E-state index contributed by atoms with van der Waals surface area (Å²) in [7, 11) is 0. The van der Waals surface area contributed by atoms with Crippen LogP contribution in [-0.4, -0.2) is 24.5 Å². The summed E-state index contributed by atoms with van der Waals surface area (Å²) < 4.78 is 4.89. The lowest BCUT2D eigenvalue weighted by Crippen LogP contribution is -2.37. The van der Waals surface area contributed by atoms with Crippen molar-refractivity contribution in [3.05, 3.63) is 35.4 Å². The molecule has 0 aromatic heterocycles. The molecule has 0 aliphatic carbocycles. The summed E-state index contributed by atoms with van der Waals surface area (Å²) in [5.41, 5.74) is 1.93. The number of hydrogen-bond acceptors (Lipinski definition) is 3. The molecule has 1 N–H and O–H groups in total. The molecule has 1 aromatic carbocycles. The lowest BCUT2D eigenvalue weighted by molar-refractivity contribution is -0.139. The van der Waals surface area contributed by atoms with E-state index >= 15 is 0 Å². The fraction of sp³-hybridized carbons (Fsp3) is 0.636. The average Bonchev–Trinajstić information content (AvgIpc) is 3.06. The Morgan fingerprint density at radius 1 is 1.08 bits per heavy atom. The molecule has 1 aliphatic rings. The SMILES string of the molecule is CCCCCCC(CCCC)c1ccc(C(=O)NC2CCOC2=O)cc1. The summed E-state index contributed by atoms with van der Waals surface area (Å²) in [4.78, 5) is 23.8. The molecule has 0 saturated carbocycles. The van der Waals surface area contributed by atoms with E-state index in [1.165, 1.54) is 56.9 Å². The maximum Gasteiger partial charge on any atom is 0.328 e. The predicted molar refractivity (Wildman–Crippen MR) is 104 cm³/mol. The van der Waals surface area contributed by atoms with Gasteiger partial charge >= 0.3 is 5.97 Å². The fourth-order valence-corrected chi connectivity index (χ4v) is 3.52. The van der Waals surface area contributed by atoms with E-state index in [9.17, 15) is 9.59 Å².